The van der Waals surface area contributed by atoms with Gasteiger partial charge in [-0.05, 0) is 31.4 Å². The van der Waals surface area contributed by atoms with Gasteiger partial charge in [-0.1, -0.05) is 0 Å². The number of ether oxygens (including phenoxy) is 3. The van der Waals surface area contributed by atoms with Gasteiger partial charge in [0.15, 0.2) is 11.6 Å². The predicted molar refractivity (Wildman–Crippen MR) is 64.4 cm³/mol. The summed E-state index contributed by atoms with van der Waals surface area (Å²) in [4.78, 5) is 0. The van der Waals surface area contributed by atoms with Crippen LogP contribution in [0.1, 0.15) is 19.3 Å². The average Bonchev–Trinajstić information content (AvgIpc) is 3.00. The van der Waals surface area contributed by atoms with E-state index in [0.29, 0.717) is 30.5 Å². The minimum atomic E-state index is -0.347. The number of hydrogen-bond acceptors (Lipinski definition) is 3. The molecule has 1 aromatic rings. The summed E-state index contributed by atoms with van der Waals surface area (Å²) >= 11 is 0. The van der Waals surface area contributed by atoms with E-state index in [1.807, 2.05) is 0 Å². The molecule has 98 valence electrons. The second-order valence-electron chi connectivity index (χ2n) is 4.98. The monoisotopic (exact) mass is 252 g/mol. The fraction of sp³-hybridized carbons (Fsp3) is 0.571. The summed E-state index contributed by atoms with van der Waals surface area (Å²) < 4.78 is 29.9. The van der Waals surface area contributed by atoms with Crippen molar-refractivity contribution in [3.63, 3.8) is 0 Å². The minimum Gasteiger partial charge on any atom is -0.497 e. The molecule has 2 aliphatic rings. The van der Waals surface area contributed by atoms with Gasteiger partial charge in [-0.25, -0.2) is 4.39 Å². The van der Waals surface area contributed by atoms with E-state index in [1.54, 1.807) is 19.2 Å². The zero-order chi connectivity index (χ0) is 12.5. The summed E-state index contributed by atoms with van der Waals surface area (Å²) in [5.74, 6) is 0.918. The summed E-state index contributed by atoms with van der Waals surface area (Å²) in [6, 6.07) is 4.54. The number of halogens is 1. The van der Waals surface area contributed by atoms with Crippen LogP contribution in [-0.2, 0) is 4.74 Å². The molecule has 0 amide bonds. The van der Waals surface area contributed by atoms with Crippen LogP contribution >= 0.6 is 0 Å². The zero-order valence-corrected chi connectivity index (χ0v) is 10.4. The van der Waals surface area contributed by atoms with Gasteiger partial charge in [-0.2, -0.15) is 0 Å². The molecular weight excluding hydrogens is 235 g/mol. The number of benzene rings is 1. The van der Waals surface area contributed by atoms with E-state index in [1.165, 1.54) is 6.07 Å². The molecule has 0 aromatic heterocycles. The van der Waals surface area contributed by atoms with Gasteiger partial charge in [0, 0.05) is 12.0 Å². The van der Waals surface area contributed by atoms with Crippen molar-refractivity contribution in [2.45, 2.75) is 31.5 Å². The van der Waals surface area contributed by atoms with Gasteiger partial charge in [0.05, 0.1) is 25.9 Å². The van der Waals surface area contributed by atoms with E-state index in [4.69, 9.17) is 14.2 Å². The lowest BCUT2D eigenvalue weighted by Gasteiger charge is -2.19. The van der Waals surface area contributed by atoms with Crippen LogP contribution < -0.4 is 9.47 Å². The number of rotatable bonds is 4. The quantitative estimate of drug-likeness (QED) is 0.824. The lowest BCUT2D eigenvalue weighted by Crippen LogP contribution is -2.23. The molecule has 4 heteroatoms. The van der Waals surface area contributed by atoms with Gasteiger partial charge in [0.25, 0.3) is 0 Å². The molecule has 2 heterocycles. The van der Waals surface area contributed by atoms with Gasteiger partial charge < -0.3 is 14.2 Å². The molecule has 3 unspecified atom stereocenters. The molecule has 2 fully saturated rings. The highest BCUT2D eigenvalue weighted by molar-refractivity contribution is 5.34. The lowest BCUT2D eigenvalue weighted by atomic mass is 9.90. The largest absolute Gasteiger partial charge is 0.497 e. The average molecular weight is 252 g/mol. The Morgan fingerprint density at radius 3 is 2.94 bits per heavy atom. The van der Waals surface area contributed by atoms with E-state index in [2.05, 4.69) is 0 Å². The molecule has 18 heavy (non-hydrogen) atoms. The fourth-order valence-corrected chi connectivity index (χ4v) is 2.84. The molecule has 0 radical (unpaired) electrons. The topological polar surface area (TPSA) is 27.7 Å². The van der Waals surface area contributed by atoms with Crippen molar-refractivity contribution in [3.05, 3.63) is 24.0 Å². The Bertz CT molecular complexity index is 435. The maximum atomic E-state index is 13.6. The molecule has 2 saturated heterocycles. The fourth-order valence-electron chi connectivity index (χ4n) is 2.84. The van der Waals surface area contributed by atoms with Crippen molar-refractivity contribution in [1.29, 1.82) is 0 Å². The third kappa shape index (κ3) is 2.17. The standard InChI is InChI=1S/C14H17FO3/c1-16-10-2-4-12(15)14(7-10)17-8-9-6-11-3-5-13(9)18-11/h2,4,7,9,11,13H,3,5-6,8H2,1H3. The molecule has 0 saturated carbocycles. The molecule has 3 rings (SSSR count). The SMILES string of the molecule is COc1ccc(F)c(OCC2CC3CCC2O3)c1. The van der Waals surface area contributed by atoms with Gasteiger partial charge >= 0.3 is 0 Å². The van der Waals surface area contributed by atoms with Crippen LogP contribution in [0.25, 0.3) is 0 Å². The lowest BCUT2D eigenvalue weighted by molar-refractivity contribution is 0.0819. The second kappa shape index (κ2) is 4.76. The van der Waals surface area contributed by atoms with E-state index >= 15 is 0 Å². The van der Waals surface area contributed by atoms with Crippen molar-refractivity contribution < 1.29 is 18.6 Å². The first-order valence-electron chi connectivity index (χ1n) is 6.38. The van der Waals surface area contributed by atoms with Crippen molar-refractivity contribution >= 4 is 0 Å². The highest BCUT2D eigenvalue weighted by atomic mass is 19.1. The molecule has 0 N–H and O–H groups in total. The van der Waals surface area contributed by atoms with Crippen LogP contribution in [0.2, 0.25) is 0 Å². The Morgan fingerprint density at radius 1 is 1.39 bits per heavy atom. The molecule has 0 spiro atoms. The van der Waals surface area contributed by atoms with Gasteiger partial charge in [-0.3, -0.25) is 0 Å². The van der Waals surface area contributed by atoms with Crippen LogP contribution in [0.3, 0.4) is 0 Å². The normalized spacial score (nSPS) is 29.6. The van der Waals surface area contributed by atoms with E-state index < -0.39 is 0 Å². The van der Waals surface area contributed by atoms with Crippen molar-refractivity contribution in [2.75, 3.05) is 13.7 Å². The first-order chi connectivity index (χ1) is 8.76. The Balaban J connectivity index is 1.62. The van der Waals surface area contributed by atoms with Crippen molar-refractivity contribution in [2.24, 2.45) is 5.92 Å². The highest BCUT2D eigenvalue weighted by Gasteiger charge is 2.41. The molecule has 2 aliphatic heterocycles. The third-order valence-electron chi connectivity index (χ3n) is 3.82. The van der Waals surface area contributed by atoms with Crippen molar-refractivity contribution in [1.82, 2.24) is 0 Å². The number of methoxy groups -OCH3 is 1. The first kappa shape index (κ1) is 11.8. The minimum absolute atomic E-state index is 0.261. The van der Waals surface area contributed by atoms with Gasteiger partial charge in [-0.15, -0.1) is 0 Å². The maximum absolute atomic E-state index is 13.6. The molecule has 2 bridgehead atoms. The second-order valence-corrected chi connectivity index (χ2v) is 4.98. The van der Waals surface area contributed by atoms with Crippen LogP contribution in [-0.4, -0.2) is 25.9 Å². The van der Waals surface area contributed by atoms with Crippen LogP contribution in [0.4, 0.5) is 4.39 Å². The Hall–Kier alpha value is -1.29. The van der Waals surface area contributed by atoms with Crippen molar-refractivity contribution in [3.8, 4) is 11.5 Å². The van der Waals surface area contributed by atoms with Crippen LogP contribution in [0.15, 0.2) is 18.2 Å². The van der Waals surface area contributed by atoms with Crippen LogP contribution in [0, 0.1) is 11.7 Å². The molecule has 1 aromatic carbocycles. The summed E-state index contributed by atoms with van der Waals surface area (Å²) in [7, 11) is 1.56. The molecule has 3 nitrogen and oxygen atoms in total. The van der Waals surface area contributed by atoms with E-state index in [9.17, 15) is 4.39 Å². The summed E-state index contributed by atoms with van der Waals surface area (Å²) in [6.07, 6.45) is 4.02. The molecular formula is C14H17FO3. The Labute approximate surface area is 106 Å². The summed E-state index contributed by atoms with van der Waals surface area (Å²) in [5.41, 5.74) is 0. The highest BCUT2D eigenvalue weighted by Crippen LogP contribution is 2.39. The molecule has 0 aliphatic carbocycles. The molecule has 3 atom stereocenters. The third-order valence-corrected chi connectivity index (χ3v) is 3.82. The zero-order valence-electron chi connectivity index (χ0n) is 10.4. The number of hydrogen-bond donors (Lipinski definition) is 0. The smallest absolute Gasteiger partial charge is 0.165 e. The van der Waals surface area contributed by atoms with Gasteiger partial charge in [0.1, 0.15) is 5.75 Å². The maximum Gasteiger partial charge on any atom is 0.165 e. The van der Waals surface area contributed by atoms with Gasteiger partial charge in [0.2, 0.25) is 0 Å². The first-order valence-corrected chi connectivity index (χ1v) is 6.38. The predicted octanol–water partition coefficient (Wildman–Crippen LogP) is 2.78. The van der Waals surface area contributed by atoms with E-state index in [0.717, 1.165) is 19.3 Å². The van der Waals surface area contributed by atoms with Crippen LogP contribution in [0.5, 0.6) is 11.5 Å². The Kier molecular flexibility index (Phi) is 3.12. The summed E-state index contributed by atoms with van der Waals surface area (Å²) in [5, 5.41) is 0. The Morgan fingerprint density at radius 2 is 2.28 bits per heavy atom. The van der Waals surface area contributed by atoms with E-state index in [-0.39, 0.29) is 11.6 Å². The number of fused-ring (bicyclic) bond motifs is 2. The summed E-state index contributed by atoms with van der Waals surface area (Å²) in [6.45, 7) is 0.519.